The molecular weight excluding hydrogens is 1150 g/mol. The molecule has 0 spiro atoms. The number of esters is 2. The summed E-state index contributed by atoms with van der Waals surface area (Å²) < 4.78 is 23.0. The van der Waals surface area contributed by atoms with Gasteiger partial charge in [-0.25, -0.2) is 4.79 Å². The van der Waals surface area contributed by atoms with Crippen molar-refractivity contribution in [3.63, 3.8) is 0 Å². The lowest BCUT2D eigenvalue weighted by molar-refractivity contribution is -0.870. The van der Waals surface area contributed by atoms with Gasteiger partial charge in [0.25, 0.3) is 6.29 Å². The molecule has 0 saturated carbocycles. The summed E-state index contributed by atoms with van der Waals surface area (Å²) in [5.41, 5.74) is 0. The van der Waals surface area contributed by atoms with Crippen LogP contribution in [0.3, 0.4) is 0 Å². The average molecular weight is 1290 g/mol. The van der Waals surface area contributed by atoms with Crippen LogP contribution in [0.2, 0.25) is 0 Å². The van der Waals surface area contributed by atoms with Gasteiger partial charge in [-0.05, 0) is 116 Å². The lowest BCUT2D eigenvalue weighted by Crippen LogP contribution is -2.40. The van der Waals surface area contributed by atoms with Gasteiger partial charge in [0.2, 0.25) is 0 Å². The minimum absolute atomic E-state index is 0.177. The molecule has 2 unspecified atom stereocenters. The monoisotopic (exact) mass is 1290 g/mol. The molecule has 0 rings (SSSR count). The summed E-state index contributed by atoms with van der Waals surface area (Å²) in [5, 5.41) is 9.76. The van der Waals surface area contributed by atoms with Gasteiger partial charge in [0.15, 0.2) is 6.10 Å². The van der Waals surface area contributed by atoms with Crippen molar-refractivity contribution in [1.82, 2.24) is 0 Å². The summed E-state index contributed by atoms with van der Waals surface area (Å²) in [6, 6.07) is 0. The van der Waals surface area contributed by atoms with Gasteiger partial charge in [-0.3, -0.25) is 9.59 Å². The molecule has 9 heteroatoms. The highest BCUT2D eigenvalue weighted by molar-refractivity contribution is 5.71. The third-order valence-corrected chi connectivity index (χ3v) is 16.1. The maximum atomic E-state index is 13.0. The highest BCUT2D eigenvalue weighted by Gasteiger charge is 2.25. The fourth-order valence-corrected chi connectivity index (χ4v) is 10.4. The number of ether oxygens (including phenoxy) is 4. The first kappa shape index (κ1) is 88.2. The van der Waals surface area contributed by atoms with Gasteiger partial charge in [-0.1, -0.05) is 327 Å². The number of aliphatic carboxylic acids is 1. The molecule has 0 heterocycles. The van der Waals surface area contributed by atoms with Crippen molar-refractivity contribution in [3.8, 4) is 0 Å². The first-order valence-corrected chi connectivity index (χ1v) is 38.0. The van der Waals surface area contributed by atoms with Crippen molar-refractivity contribution in [2.45, 2.75) is 322 Å². The van der Waals surface area contributed by atoms with E-state index in [1.165, 1.54) is 154 Å². The molecule has 0 aliphatic rings. The highest BCUT2D eigenvalue weighted by Crippen LogP contribution is 2.18. The van der Waals surface area contributed by atoms with E-state index >= 15 is 0 Å². The van der Waals surface area contributed by atoms with Crippen LogP contribution in [0.1, 0.15) is 309 Å². The number of allylic oxidation sites excluding steroid dienone is 24. The zero-order valence-electron chi connectivity index (χ0n) is 60.6. The number of unbranched alkanes of at least 4 members (excludes halogenated alkanes) is 30. The van der Waals surface area contributed by atoms with Crippen LogP contribution in [-0.2, 0) is 33.3 Å². The Morgan fingerprint density at radius 3 is 0.860 bits per heavy atom. The predicted molar refractivity (Wildman–Crippen MR) is 400 cm³/mol. The molecule has 0 amide bonds. The van der Waals surface area contributed by atoms with E-state index < -0.39 is 24.3 Å². The van der Waals surface area contributed by atoms with E-state index in [1.54, 1.807) is 0 Å². The Balaban J connectivity index is 4.08. The lowest BCUT2D eigenvalue weighted by atomic mass is 10.0. The van der Waals surface area contributed by atoms with E-state index in [2.05, 4.69) is 160 Å². The van der Waals surface area contributed by atoms with Crippen LogP contribution in [0.5, 0.6) is 0 Å². The van der Waals surface area contributed by atoms with E-state index in [0.717, 1.165) is 122 Å². The largest absolute Gasteiger partial charge is 0.477 e. The van der Waals surface area contributed by atoms with Gasteiger partial charge in [0.1, 0.15) is 13.2 Å². The molecule has 0 aromatic rings. The minimum Gasteiger partial charge on any atom is -0.477 e. The molecule has 0 aliphatic heterocycles. The molecular formula is C84H142NO8+. The van der Waals surface area contributed by atoms with E-state index in [4.69, 9.17) is 18.9 Å². The van der Waals surface area contributed by atoms with Crippen LogP contribution in [-0.4, -0.2) is 87.4 Å². The Morgan fingerprint density at radius 2 is 0.581 bits per heavy atom. The second kappa shape index (κ2) is 73.0. The molecule has 2 atom stereocenters. The van der Waals surface area contributed by atoms with Gasteiger partial charge in [0.05, 0.1) is 34.4 Å². The summed E-state index contributed by atoms with van der Waals surface area (Å²) >= 11 is 0. The van der Waals surface area contributed by atoms with Crippen molar-refractivity contribution in [3.05, 3.63) is 146 Å². The molecule has 1 N–H and O–H groups in total. The molecule has 0 radical (unpaired) electrons. The maximum Gasteiger partial charge on any atom is 0.361 e. The van der Waals surface area contributed by atoms with Crippen LogP contribution >= 0.6 is 0 Å². The third kappa shape index (κ3) is 74.4. The van der Waals surface area contributed by atoms with Crippen LogP contribution in [0.25, 0.3) is 0 Å². The number of quaternary nitrogens is 1. The fraction of sp³-hybridized carbons (Fsp3) is 0.679. The van der Waals surface area contributed by atoms with E-state index in [0.29, 0.717) is 23.9 Å². The maximum absolute atomic E-state index is 13.0. The molecule has 0 aromatic carbocycles. The number of likely N-dealkylation sites (N-methyl/N-ethyl adjacent to an activating group) is 1. The number of rotatable bonds is 69. The van der Waals surface area contributed by atoms with Crippen LogP contribution in [0.4, 0.5) is 0 Å². The van der Waals surface area contributed by atoms with Crippen molar-refractivity contribution < 1.29 is 42.9 Å². The molecule has 0 bridgehead atoms. The van der Waals surface area contributed by atoms with Crippen LogP contribution < -0.4 is 0 Å². The SMILES string of the molecule is CC/C=C\C/C=C\C/C=C\C/C=C\C/C=C\C/C=C\C/C=C\C/C=C\CCCCCCC(=O)OC(COC(=O)CCCCCCCCCCCCCCCCCCCCCCCCCCCC/C=C\C/C=C\C/C=C\C/C=C\CC)COC(OCC[N+](C)(C)C)C(=O)O. The smallest absolute Gasteiger partial charge is 0.361 e. The van der Waals surface area contributed by atoms with Gasteiger partial charge in [-0.15, -0.1) is 0 Å². The first-order chi connectivity index (χ1) is 45.6. The number of carboxylic acid groups (broad SMARTS) is 1. The molecule has 0 fully saturated rings. The number of hydrogen-bond donors (Lipinski definition) is 1. The number of carbonyl (C=O) groups is 3. The summed E-state index contributed by atoms with van der Waals surface area (Å²) in [7, 11) is 5.97. The first-order valence-electron chi connectivity index (χ1n) is 38.0. The van der Waals surface area contributed by atoms with Gasteiger partial charge >= 0.3 is 17.9 Å². The quantitative estimate of drug-likeness (QED) is 0.0211. The van der Waals surface area contributed by atoms with Gasteiger partial charge in [-0.2, -0.15) is 0 Å². The fourth-order valence-electron chi connectivity index (χ4n) is 10.4. The van der Waals surface area contributed by atoms with E-state index in [9.17, 15) is 19.5 Å². The van der Waals surface area contributed by atoms with Crippen molar-refractivity contribution in [1.29, 1.82) is 0 Å². The Bertz CT molecular complexity index is 2040. The number of carbonyl (C=O) groups excluding carboxylic acids is 2. The second-order valence-electron chi connectivity index (χ2n) is 26.2. The lowest BCUT2D eigenvalue weighted by Gasteiger charge is -2.25. The Morgan fingerprint density at radius 1 is 0.323 bits per heavy atom. The molecule has 530 valence electrons. The van der Waals surface area contributed by atoms with Crippen LogP contribution in [0.15, 0.2) is 146 Å². The summed E-state index contributed by atoms with van der Waals surface area (Å²) in [6.07, 6.45) is 104. The van der Waals surface area contributed by atoms with Crippen molar-refractivity contribution in [2.24, 2.45) is 0 Å². The van der Waals surface area contributed by atoms with Gasteiger partial charge < -0.3 is 28.5 Å². The Hall–Kier alpha value is -4.83. The van der Waals surface area contributed by atoms with Crippen molar-refractivity contribution >= 4 is 17.9 Å². The van der Waals surface area contributed by atoms with Gasteiger partial charge in [0, 0.05) is 12.8 Å². The molecule has 0 saturated heterocycles. The zero-order chi connectivity index (χ0) is 67.5. The average Bonchev–Trinajstić information content (AvgIpc) is 3.74. The number of nitrogens with zero attached hydrogens (tertiary/aromatic N) is 1. The highest BCUT2D eigenvalue weighted by atomic mass is 16.7. The van der Waals surface area contributed by atoms with E-state index in [1.807, 2.05) is 21.1 Å². The number of carboxylic acids is 1. The van der Waals surface area contributed by atoms with E-state index in [-0.39, 0.29) is 32.2 Å². The molecule has 0 aromatic heterocycles. The molecule has 0 aliphatic carbocycles. The standard InChI is InChI=1S/C84H141NO8/c1-6-8-10-12-14-16-18-20-22-24-26-28-30-32-34-36-37-38-39-40-41-42-43-44-45-47-48-50-52-54-56-58-60-62-64-66-68-70-72-74-81(86)91-78-80(79-92-84(83(88)89)90-77-76-85(3,4)5)93-82(87)75-73-71-69-67-65-63-61-59-57-55-53-51-49-46-35-33-31-29-27-25-23-21-19-17-15-13-11-9-7-2/h8-11,14-17,20-23,26-29,33,35,49,51,55,57,61,63,80,84H,6-7,12-13,18-19,24-25,30-32,34,36-48,50,52-54,56,58-60,62,64-79H2,1-5H3/p+1/b10-8-,11-9-,16-14-,17-15-,22-20-,23-21-,28-26-,29-27-,35-33-,51-49-,57-55-,63-61-. The molecule has 93 heavy (non-hydrogen) atoms. The summed E-state index contributed by atoms with van der Waals surface area (Å²) in [4.78, 5) is 37.7. The predicted octanol–water partition coefficient (Wildman–Crippen LogP) is 24.3. The molecule has 9 nitrogen and oxygen atoms in total. The van der Waals surface area contributed by atoms with Crippen LogP contribution in [0, 0.1) is 0 Å². The summed E-state index contributed by atoms with van der Waals surface area (Å²) in [6.45, 7) is 4.63. The number of hydrogen-bond acceptors (Lipinski definition) is 7. The zero-order valence-corrected chi connectivity index (χ0v) is 60.6. The minimum atomic E-state index is -1.53. The third-order valence-electron chi connectivity index (χ3n) is 16.1. The normalized spacial score (nSPS) is 13.5. The summed E-state index contributed by atoms with van der Waals surface area (Å²) in [5.74, 6) is -2.04. The Labute approximate surface area is 572 Å². The Kier molecular flexibility index (Phi) is 69.2. The second-order valence-corrected chi connectivity index (χ2v) is 26.2. The van der Waals surface area contributed by atoms with Crippen molar-refractivity contribution in [2.75, 3.05) is 47.5 Å². The topological polar surface area (TPSA) is 108 Å².